The molecule has 174 valence electrons. The summed E-state index contributed by atoms with van der Waals surface area (Å²) in [6, 6.07) is 17.5. The van der Waals surface area contributed by atoms with Gasteiger partial charge < -0.3 is 20.2 Å². The molecule has 0 saturated carbocycles. The van der Waals surface area contributed by atoms with Gasteiger partial charge >= 0.3 is 0 Å². The largest absolute Gasteiger partial charge is 0.490 e. The second kappa shape index (κ2) is 9.32. The monoisotopic (exact) mass is 475 g/mol. The predicted octanol–water partition coefficient (Wildman–Crippen LogP) is 4.80. The summed E-state index contributed by atoms with van der Waals surface area (Å²) >= 11 is 1.40. The minimum absolute atomic E-state index is 0.148. The van der Waals surface area contributed by atoms with E-state index in [1.807, 2.05) is 37.3 Å². The Morgan fingerprint density at radius 3 is 2.76 bits per heavy atom. The van der Waals surface area contributed by atoms with E-state index >= 15 is 0 Å². The zero-order valence-electron chi connectivity index (χ0n) is 18.8. The van der Waals surface area contributed by atoms with E-state index in [-0.39, 0.29) is 5.76 Å². The minimum atomic E-state index is -0.535. The zero-order chi connectivity index (χ0) is 23.7. The Hall–Kier alpha value is -3.62. The smallest absolute Gasteiger partial charge is 0.292 e. The van der Waals surface area contributed by atoms with E-state index in [1.165, 1.54) is 16.9 Å². The zero-order valence-corrected chi connectivity index (χ0v) is 19.6. The molecule has 0 bridgehead atoms. The molecule has 0 saturated heterocycles. The molecule has 0 atom stereocenters. The summed E-state index contributed by atoms with van der Waals surface area (Å²) in [6.07, 6.45) is 0.704. The number of carbonyl (C=O) groups excluding carboxylic acids is 2. The second-order valence-electron chi connectivity index (χ2n) is 8.19. The number of thiophene rings is 1. The van der Waals surface area contributed by atoms with Crippen molar-refractivity contribution >= 4 is 39.1 Å². The summed E-state index contributed by atoms with van der Waals surface area (Å²) in [5.74, 6) is -0.231. The summed E-state index contributed by atoms with van der Waals surface area (Å²) in [5, 5.41) is 4.11. The van der Waals surface area contributed by atoms with E-state index in [1.54, 1.807) is 12.1 Å². The molecule has 3 heterocycles. The van der Waals surface area contributed by atoms with Crippen molar-refractivity contribution in [3.63, 3.8) is 0 Å². The van der Waals surface area contributed by atoms with E-state index in [0.29, 0.717) is 41.5 Å². The number of nitrogens with one attached hydrogen (secondary N) is 1. The number of benzene rings is 2. The number of furan rings is 1. The molecule has 0 spiro atoms. The summed E-state index contributed by atoms with van der Waals surface area (Å²) in [5.41, 5.74) is 8.82. The third kappa shape index (κ3) is 4.30. The first-order chi connectivity index (χ1) is 16.5. The van der Waals surface area contributed by atoms with Crippen LogP contribution in [0.2, 0.25) is 0 Å². The lowest BCUT2D eigenvalue weighted by Gasteiger charge is -2.27. The molecule has 1 aliphatic heterocycles. The summed E-state index contributed by atoms with van der Waals surface area (Å²) in [4.78, 5) is 28.8. The fourth-order valence-corrected chi connectivity index (χ4v) is 5.65. The van der Waals surface area contributed by atoms with Crippen molar-refractivity contribution in [2.45, 2.75) is 26.4 Å². The van der Waals surface area contributed by atoms with E-state index in [9.17, 15) is 9.59 Å². The van der Waals surface area contributed by atoms with Crippen molar-refractivity contribution in [1.29, 1.82) is 0 Å². The molecule has 1 aliphatic rings. The number of ether oxygens (including phenoxy) is 1. The van der Waals surface area contributed by atoms with Crippen molar-refractivity contribution in [2.75, 3.05) is 18.5 Å². The molecule has 3 N–H and O–H groups in total. The Kier molecular flexibility index (Phi) is 6.08. The maximum atomic E-state index is 13.0. The fourth-order valence-electron chi connectivity index (χ4n) is 4.36. The molecule has 2 aromatic heterocycles. The van der Waals surface area contributed by atoms with Gasteiger partial charge in [0.15, 0.2) is 17.1 Å². The van der Waals surface area contributed by atoms with Crippen LogP contribution in [0.3, 0.4) is 0 Å². The van der Waals surface area contributed by atoms with E-state index in [0.717, 1.165) is 28.9 Å². The molecular weight excluding hydrogens is 450 g/mol. The first-order valence-electron chi connectivity index (χ1n) is 11.2. The lowest BCUT2D eigenvalue weighted by molar-refractivity contribution is 0.0998. The van der Waals surface area contributed by atoms with Crippen molar-refractivity contribution in [1.82, 2.24) is 4.90 Å². The Balaban J connectivity index is 1.39. The number of fused-ring (bicyclic) bond motifs is 2. The molecule has 0 unspecified atom stereocenters. The highest BCUT2D eigenvalue weighted by atomic mass is 32.1. The number of carbonyl (C=O) groups is 2. The van der Waals surface area contributed by atoms with Gasteiger partial charge in [0.05, 0.1) is 12.2 Å². The molecule has 7 nitrogen and oxygen atoms in total. The standard InChI is InChI=1S/C26H25N3O4S/c1-2-32-19-10-6-9-17-13-20(33-23(17)19)25(31)28-26-22(24(27)30)18-11-12-29(15-21(18)34-26)14-16-7-4-3-5-8-16/h3-10,13H,2,11-12,14-15H2,1H3,(H2,27,30)(H,28,31). The predicted molar refractivity (Wildman–Crippen MR) is 132 cm³/mol. The van der Waals surface area contributed by atoms with Crippen LogP contribution in [-0.2, 0) is 19.5 Å². The van der Waals surface area contributed by atoms with Gasteiger partial charge in [-0.1, -0.05) is 42.5 Å². The van der Waals surface area contributed by atoms with E-state index in [4.69, 9.17) is 14.9 Å². The van der Waals surface area contributed by atoms with Gasteiger partial charge in [-0.2, -0.15) is 0 Å². The summed E-state index contributed by atoms with van der Waals surface area (Å²) in [7, 11) is 0. The van der Waals surface area contributed by atoms with Crippen molar-refractivity contribution in [3.05, 3.63) is 81.9 Å². The SMILES string of the molecule is CCOc1cccc2cc(C(=O)Nc3sc4c(c3C(N)=O)CCN(Cc3ccccc3)C4)oc12. The molecule has 5 rings (SSSR count). The molecule has 8 heteroatoms. The molecule has 0 radical (unpaired) electrons. The normalized spacial score (nSPS) is 13.6. The Labute approximate surface area is 201 Å². The molecule has 2 amide bonds. The van der Waals surface area contributed by atoms with Crippen LogP contribution in [0.1, 0.15) is 43.8 Å². The van der Waals surface area contributed by atoms with Crippen LogP contribution in [0.25, 0.3) is 11.0 Å². The third-order valence-electron chi connectivity index (χ3n) is 5.89. The number of para-hydroxylation sites is 1. The fraction of sp³-hybridized carbons (Fsp3) is 0.231. The first kappa shape index (κ1) is 22.2. The molecule has 34 heavy (non-hydrogen) atoms. The average Bonchev–Trinajstić information content (AvgIpc) is 3.42. The van der Waals surface area contributed by atoms with Gasteiger partial charge in [-0.05, 0) is 36.6 Å². The topological polar surface area (TPSA) is 97.8 Å². The van der Waals surface area contributed by atoms with Crippen LogP contribution in [0.5, 0.6) is 5.75 Å². The van der Waals surface area contributed by atoms with Gasteiger partial charge in [0.1, 0.15) is 5.00 Å². The number of hydrogen-bond donors (Lipinski definition) is 2. The van der Waals surface area contributed by atoms with Crippen LogP contribution < -0.4 is 15.8 Å². The molecular formula is C26H25N3O4S. The molecule has 0 aliphatic carbocycles. The molecule has 0 fully saturated rings. The number of nitrogens with zero attached hydrogens (tertiary/aromatic N) is 1. The Morgan fingerprint density at radius 1 is 1.18 bits per heavy atom. The van der Waals surface area contributed by atoms with E-state index < -0.39 is 11.8 Å². The van der Waals surface area contributed by atoms with Gasteiger partial charge in [0.2, 0.25) is 0 Å². The van der Waals surface area contributed by atoms with Crippen LogP contribution in [0, 0.1) is 0 Å². The Bertz CT molecular complexity index is 1360. The van der Waals surface area contributed by atoms with E-state index in [2.05, 4.69) is 22.3 Å². The van der Waals surface area contributed by atoms with Gasteiger partial charge in [-0.15, -0.1) is 11.3 Å². The summed E-state index contributed by atoms with van der Waals surface area (Å²) < 4.78 is 11.4. The number of rotatable bonds is 7. The quantitative estimate of drug-likeness (QED) is 0.400. The number of amides is 2. The van der Waals surface area contributed by atoms with Crippen molar-refractivity contribution < 1.29 is 18.7 Å². The first-order valence-corrected chi connectivity index (χ1v) is 12.0. The van der Waals surface area contributed by atoms with Crippen LogP contribution >= 0.6 is 11.3 Å². The Morgan fingerprint density at radius 2 is 2.00 bits per heavy atom. The average molecular weight is 476 g/mol. The lowest BCUT2D eigenvalue weighted by atomic mass is 10.0. The minimum Gasteiger partial charge on any atom is -0.490 e. The van der Waals surface area contributed by atoms with Crippen molar-refractivity contribution in [2.24, 2.45) is 5.73 Å². The maximum absolute atomic E-state index is 13.0. The van der Waals surface area contributed by atoms with Gasteiger partial charge in [0, 0.05) is 29.9 Å². The van der Waals surface area contributed by atoms with Crippen LogP contribution in [-0.4, -0.2) is 29.9 Å². The number of primary amides is 1. The maximum Gasteiger partial charge on any atom is 0.292 e. The van der Waals surface area contributed by atoms with Gasteiger partial charge in [-0.3, -0.25) is 14.5 Å². The lowest BCUT2D eigenvalue weighted by Crippen LogP contribution is -2.30. The highest BCUT2D eigenvalue weighted by molar-refractivity contribution is 7.17. The van der Waals surface area contributed by atoms with Crippen LogP contribution in [0.15, 0.2) is 59.0 Å². The second-order valence-corrected chi connectivity index (χ2v) is 9.30. The molecule has 2 aromatic carbocycles. The van der Waals surface area contributed by atoms with Crippen molar-refractivity contribution in [3.8, 4) is 5.75 Å². The summed E-state index contributed by atoms with van der Waals surface area (Å²) in [6.45, 7) is 4.72. The highest BCUT2D eigenvalue weighted by Crippen LogP contribution is 2.38. The molecule has 4 aromatic rings. The van der Waals surface area contributed by atoms with Gasteiger partial charge in [-0.25, -0.2) is 0 Å². The highest BCUT2D eigenvalue weighted by Gasteiger charge is 2.28. The number of anilines is 1. The van der Waals surface area contributed by atoms with Gasteiger partial charge in [0.25, 0.3) is 11.8 Å². The third-order valence-corrected chi connectivity index (χ3v) is 7.02. The van der Waals surface area contributed by atoms with Crippen LogP contribution in [0.4, 0.5) is 5.00 Å². The number of nitrogens with two attached hydrogens (primary N) is 1. The number of hydrogen-bond acceptors (Lipinski definition) is 6.